The van der Waals surface area contributed by atoms with Gasteiger partial charge >= 0.3 is 0 Å². The highest BCUT2D eigenvalue weighted by Gasteiger charge is 2.01. The van der Waals surface area contributed by atoms with Crippen molar-refractivity contribution in [2.75, 3.05) is 18.0 Å². The minimum absolute atomic E-state index is 0.804. The van der Waals surface area contributed by atoms with Crippen LogP contribution >= 0.6 is 0 Å². The van der Waals surface area contributed by atoms with Gasteiger partial charge in [0.05, 0.1) is 5.69 Å². The molecule has 1 N–H and O–H groups in total. The fourth-order valence-corrected chi connectivity index (χ4v) is 2.31. The summed E-state index contributed by atoms with van der Waals surface area (Å²) in [5.74, 6) is 0. The highest BCUT2D eigenvalue weighted by molar-refractivity contribution is 5.47. The van der Waals surface area contributed by atoms with Crippen LogP contribution in [0, 0.1) is 0 Å². The quantitative estimate of drug-likeness (QED) is 0.841. The van der Waals surface area contributed by atoms with Crippen LogP contribution in [0.1, 0.15) is 25.1 Å². The Kier molecular flexibility index (Phi) is 5.18. The van der Waals surface area contributed by atoms with Crippen LogP contribution < -0.4 is 10.2 Å². The molecule has 0 spiro atoms. The molecule has 0 aliphatic carbocycles. The first-order valence-electron chi connectivity index (χ1n) is 7.26. The summed E-state index contributed by atoms with van der Waals surface area (Å²) in [6.45, 7) is 8.15. The summed E-state index contributed by atoms with van der Waals surface area (Å²) < 4.78 is 1.83. The van der Waals surface area contributed by atoms with Gasteiger partial charge in [-0.25, -0.2) is 0 Å². The summed E-state index contributed by atoms with van der Waals surface area (Å²) in [7, 11) is 1.94. The van der Waals surface area contributed by atoms with Crippen LogP contribution in [0.25, 0.3) is 0 Å². The van der Waals surface area contributed by atoms with Gasteiger partial charge in [0.2, 0.25) is 0 Å². The zero-order valence-corrected chi connectivity index (χ0v) is 12.6. The van der Waals surface area contributed by atoms with Crippen molar-refractivity contribution in [1.82, 2.24) is 15.1 Å². The Balaban J connectivity index is 1.84. The van der Waals surface area contributed by atoms with Crippen LogP contribution in [-0.2, 0) is 20.1 Å². The maximum absolute atomic E-state index is 4.35. The van der Waals surface area contributed by atoms with E-state index in [1.165, 1.54) is 11.3 Å². The standard InChI is InChI=1S/C16H24N4/c1-4-20(5-2)16-8-6-14(7-9-16)12-17-13-15-10-11-19(3)18-15/h6-11,17H,4-5,12-13H2,1-3H3. The highest BCUT2D eigenvalue weighted by Crippen LogP contribution is 2.14. The first kappa shape index (κ1) is 14.6. The highest BCUT2D eigenvalue weighted by atomic mass is 15.3. The molecule has 0 bridgehead atoms. The molecule has 2 rings (SSSR count). The number of aryl methyl sites for hydroxylation is 1. The predicted octanol–water partition coefficient (Wildman–Crippen LogP) is 2.56. The van der Waals surface area contributed by atoms with Crippen LogP contribution in [0.2, 0.25) is 0 Å². The number of aromatic nitrogens is 2. The number of anilines is 1. The molecular weight excluding hydrogens is 248 g/mol. The molecule has 4 heteroatoms. The summed E-state index contributed by atoms with van der Waals surface area (Å²) in [5.41, 5.74) is 3.67. The fourth-order valence-electron chi connectivity index (χ4n) is 2.31. The van der Waals surface area contributed by atoms with E-state index in [0.29, 0.717) is 0 Å². The lowest BCUT2D eigenvalue weighted by atomic mass is 10.2. The zero-order chi connectivity index (χ0) is 14.4. The van der Waals surface area contributed by atoms with Gasteiger partial charge in [0, 0.05) is 45.1 Å². The maximum Gasteiger partial charge on any atom is 0.0762 e. The molecule has 0 amide bonds. The topological polar surface area (TPSA) is 33.1 Å². The van der Waals surface area contributed by atoms with Crippen molar-refractivity contribution >= 4 is 5.69 Å². The molecule has 0 saturated carbocycles. The largest absolute Gasteiger partial charge is 0.372 e. The molecule has 1 aromatic carbocycles. The second-order valence-corrected chi connectivity index (χ2v) is 4.92. The third kappa shape index (κ3) is 3.84. The SMILES string of the molecule is CCN(CC)c1ccc(CNCc2ccn(C)n2)cc1. The van der Waals surface area contributed by atoms with Crippen molar-refractivity contribution in [3.63, 3.8) is 0 Å². The van der Waals surface area contributed by atoms with Gasteiger partial charge in [0.15, 0.2) is 0 Å². The van der Waals surface area contributed by atoms with Gasteiger partial charge in [-0.05, 0) is 37.6 Å². The number of hydrogen-bond acceptors (Lipinski definition) is 3. The smallest absolute Gasteiger partial charge is 0.0762 e. The second kappa shape index (κ2) is 7.10. The number of rotatable bonds is 7. The fraction of sp³-hybridized carbons (Fsp3) is 0.438. The molecule has 108 valence electrons. The molecule has 0 fully saturated rings. The van der Waals surface area contributed by atoms with Crippen molar-refractivity contribution < 1.29 is 0 Å². The monoisotopic (exact) mass is 272 g/mol. The minimum atomic E-state index is 0.804. The third-order valence-corrected chi connectivity index (χ3v) is 3.47. The van der Waals surface area contributed by atoms with E-state index in [9.17, 15) is 0 Å². The maximum atomic E-state index is 4.35. The van der Waals surface area contributed by atoms with E-state index < -0.39 is 0 Å². The van der Waals surface area contributed by atoms with E-state index in [1.807, 2.05) is 24.0 Å². The van der Waals surface area contributed by atoms with E-state index in [-0.39, 0.29) is 0 Å². The molecule has 0 unspecified atom stereocenters. The Hall–Kier alpha value is -1.81. The van der Waals surface area contributed by atoms with Gasteiger partial charge in [-0.2, -0.15) is 5.10 Å². The van der Waals surface area contributed by atoms with Gasteiger partial charge in [0.1, 0.15) is 0 Å². The van der Waals surface area contributed by atoms with Crippen LogP contribution in [0.4, 0.5) is 5.69 Å². The molecule has 0 saturated heterocycles. The minimum Gasteiger partial charge on any atom is -0.372 e. The lowest BCUT2D eigenvalue weighted by Gasteiger charge is -2.21. The lowest BCUT2D eigenvalue weighted by Crippen LogP contribution is -2.21. The number of nitrogens with zero attached hydrogens (tertiary/aromatic N) is 3. The Morgan fingerprint density at radius 1 is 1.05 bits per heavy atom. The van der Waals surface area contributed by atoms with Gasteiger partial charge in [-0.3, -0.25) is 4.68 Å². The Morgan fingerprint density at radius 2 is 1.75 bits per heavy atom. The third-order valence-electron chi connectivity index (χ3n) is 3.47. The first-order chi connectivity index (χ1) is 9.72. The van der Waals surface area contributed by atoms with Crippen LogP contribution in [0.3, 0.4) is 0 Å². The van der Waals surface area contributed by atoms with Crippen molar-refractivity contribution in [3.8, 4) is 0 Å². The molecule has 0 aliphatic heterocycles. The molecule has 0 atom stereocenters. The Morgan fingerprint density at radius 3 is 2.30 bits per heavy atom. The second-order valence-electron chi connectivity index (χ2n) is 4.92. The molecule has 0 aliphatic rings. The molecular formula is C16H24N4. The summed E-state index contributed by atoms with van der Waals surface area (Å²) >= 11 is 0. The molecule has 2 aromatic rings. The normalized spacial score (nSPS) is 10.8. The van der Waals surface area contributed by atoms with Crippen molar-refractivity contribution in [2.24, 2.45) is 7.05 Å². The average Bonchev–Trinajstić information content (AvgIpc) is 2.87. The van der Waals surface area contributed by atoms with Gasteiger partial charge in [0.25, 0.3) is 0 Å². The van der Waals surface area contributed by atoms with E-state index in [1.54, 1.807) is 0 Å². The number of benzene rings is 1. The van der Waals surface area contributed by atoms with E-state index in [4.69, 9.17) is 0 Å². The summed E-state index contributed by atoms with van der Waals surface area (Å²) in [5, 5.41) is 7.77. The number of nitrogens with one attached hydrogen (secondary N) is 1. The van der Waals surface area contributed by atoms with Crippen molar-refractivity contribution in [2.45, 2.75) is 26.9 Å². The van der Waals surface area contributed by atoms with Gasteiger partial charge < -0.3 is 10.2 Å². The summed E-state index contributed by atoms with van der Waals surface area (Å²) in [6.07, 6.45) is 1.97. The lowest BCUT2D eigenvalue weighted by molar-refractivity contribution is 0.656. The molecule has 1 heterocycles. The van der Waals surface area contributed by atoms with E-state index >= 15 is 0 Å². The molecule has 4 nitrogen and oxygen atoms in total. The Labute approximate surface area is 121 Å². The molecule has 0 radical (unpaired) electrons. The summed E-state index contributed by atoms with van der Waals surface area (Å²) in [4.78, 5) is 2.35. The summed E-state index contributed by atoms with van der Waals surface area (Å²) in [6, 6.07) is 10.8. The van der Waals surface area contributed by atoms with Crippen LogP contribution in [-0.4, -0.2) is 22.9 Å². The first-order valence-corrected chi connectivity index (χ1v) is 7.26. The average molecular weight is 272 g/mol. The van der Waals surface area contributed by atoms with Crippen molar-refractivity contribution in [3.05, 3.63) is 47.8 Å². The van der Waals surface area contributed by atoms with E-state index in [2.05, 4.69) is 53.4 Å². The molecule has 1 aromatic heterocycles. The van der Waals surface area contributed by atoms with Crippen molar-refractivity contribution in [1.29, 1.82) is 0 Å². The Bertz CT molecular complexity index is 512. The van der Waals surface area contributed by atoms with E-state index in [0.717, 1.165) is 31.9 Å². The van der Waals surface area contributed by atoms with Crippen LogP contribution in [0.15, 0.2) is 36.5 Å². The predicted molar refractivity (Wildman–Crippen MR) is 83.8 cm³/mol. The molecule has 20 heavy (non-hydrogen) atoms. The zero-order valence-electron chi connectivity index (χ0n) is 12.6. The number of hydrogen-bond donors (Lipinski definition) is 1. The van der Waals surface area contributed by atoms with Crippen LogP contribution in [0.5, 0.6) is 0 Å². The van der Waals surface area contributed by atoms with Gasteiger partial charge in [-0.1, -0.05) is 12.1 Å². The van der Waals surface area contributed by atoms with Gasteiger partial charge in [-0.15, -0.1) is 0 Å².